The Morgan fingerprint density at radius 1 is 1.16 bits per heavy atom. The van der Waals surface area contributed by atoms with Gasteiger partial charge in [0.1, 0.15) is 11.3 Å². The van der Waals surface area contributed by atoms with Crippen LogP contribution in [-0.2, 0) is 12.6 Å². The Balaban J connectivity index is 1.88. The molecule has 1 atom stereocenters. The van der Waals surface area contributed by atoms with Crippen molar-refractivity contribution in [2.75, 3.05) is 0 Å². The highest BCUT2D eigenvalue weighted by atomic mass is 32.1. The maximum absolute atomic E-state index is 15.1. The number of aromatic nitrogens is 6. The fourth-order valence-corrected chi connectivity index (χ4v) is 6.42. The van der Waals surface area contributed by atoms with E-state index in [1.165, 1.54) is 29.7 Å². The summed E-state index contributed by atoms with van der Waals surface area (Å²) in [5.41, 5.74) is 3.15. The average Bonchev–Trinajstić information content (AvgIpc) is 3.45. The van der Waals surface area contributed by atoms with E-state index in [9.17, 15) is 18.3 Å². The molecule has 0 aliphatic rings. The van der Waals surface area contributed by atoms with Gasteiger partial charge >= 0.3 is 6.18 Å². The molecule has 0 saturated heterocycles. The van der Waals surface area contributed by atoms with E-state index in [4.69, 9.17) is 4.98 Å². The predicted octanol–water partition coefficient (Wildman–Crippen LogP) is 6.36. The molecule has 1 N–H and O–H groups in total. The van der Waals surface area contributed by atoms with E-state index in [0.29, 0.717) is 48.6 Å². The van der Waals surface area contributed by atoms with Gasteiger partial charge in [0.2, 0.25) is 0 Å². The maximum atomic E-state index is 15.1. The first-order valence-corrected chi connectivity index (χ1v) is 12.8. The van der Waals surface area contributed by atoms with Crippen molar-refractivity contribution in [3.63, 3.8) is 0 Å². The van der Waals surface area contributed by atoms with Gasteiger partial charge in [0.15, 0.2) is 0 Å². The number of hydrogen-bond donors (Lipinski definition) is 1. The number of aryl methyl sites for hydroxylation is 3. The maximum Gasteiger partial charge on any atom is 0.389 e. The lowest BCUT2D eigenvalue weighted by Gasteiger charge is -2.23. The first kappa shape index (κ1) is 26.2. The van der Waals surface area contributed by atoms with Crippen molar-refractivity contribution >= 4 is 32.6 Å². The molecule has 0 aliphatic heterocycles. The lowest BCUT2D eigenvalue weighted by atomic mass is 10.0. The van der Waals surface area contributed by atoms with E-state index in [1.807, 2.05) is 13.0 Å². The van der Waals surface area contributed by atoms with E-state index in [2.05, 4.69) is 15.3 Å². The summed E-state index contributed by atoms with van der Waals surface area (Å²) in [6.45, 7) is 6.92. The van der Waals surface area contributed by atoms with Gasteiger partial charge in [-0.25, -0.2) is 9.07 Å². The molecule has 0 spiro atoms. The van der Waals surface area contributed by atoms with Crippen LogP contribution in [0.4, 0.5) is 17.6 Å². The van der Waals surface area contributed by atoms with Crippen molar-refractivity contribution in [3.8, 4) is 11.3 Å². The number of alkyl halides is 3. The van der Waals surface area contributed by atoms with Gasteiger partial charge in [-0.05, 0) is 57.9 Å². The number of pyridine rings is 2. The molecule has 0 aliphatic carbocycles. The Morgan fingerprint density at radius 3 is 2.50 bits per heavy atom. The van der Waals surface area contributed by atoms with Gasteiger partial charge in [0.05, 0.1) is 44.5 Å². The van der Waals surface area contributed by atoms with Crippen LogP contribution in [0.2, 0.25) is 0 Å². The molecule has 5 aromatic heterocycles. The SMILES string of the molecule is Cc1nnn(C)c1-c1cnc2c3sc(C(C)(C)O)c(C)c3n(C(CCC(F)(F)F)c3ncccc3F)c2c1. The highest BCUT2D eigenvalue weighted by molar-refractivity contribution is 7.20. The summed E-state index contributed by atoms with van der Waals surface area (Å²) in [5.74, 6) is -0.693. The number of rotatable bonds is 6. The Morgan fingerprint density at radius 2 is 1.89 bits per heavy atom. The Bertz CT molecular complexity index is 1640. The van der Waals surface area contributed by atoms with Crippen LogP contribution in [0.15, 0.2) is 30.6 Å². The minimum Gasteiger partial charge on any atom is -0.385 e. The second-order valence-corrected chi connectivity index (χ2v) is 11.0. The normalized spacial score (nSPS) is 13.6. The number of fused-ring (bicyclic) bond motifs is 3. The van der Waals surface area contributed by atoms with Crippen LogP contribution in [0.5, 0.6) is 0 Å². The topological polar surface area (TPSA) is 81.6 Å². The molecule has 7 nitrogen and oxygen atoms in total. The zero-order valence-corrected chi connectivity index (χ0v) is 22.2. The van der Waals surface area contributed by atoms with Crippen molar-refractivity contribution in [1.29, 1.82) is 0 Å². The van der Waals surface area contributed by atoms with Crippen LogP contribution in [0.3, 0.4) is 0 Å². The van der Waals surface area contributed by atoms with Gasteiger partial charge < -0.3 is 9.67 Å². The molecular weight excluding hydrogens is 520 g/mol. The molecule has 0 amide bonds. The van der Waals surface area contributed by atoms with E-state index < -0.39 is 36.5 Å². The van der Waals surface area contributed by atoms with E-state index in [-0.39, 0.29) is 5.69 Å². The smallest absolute Gasteiger partial charge is 0.385 e. The number of hydrogen-bond acceptors (Lipinski definition) is 6. The van der Waals surface area contributed by atoms with Gasteiger partial charge in [0.25, 0.3) is 0 Å². The molecule has 0 radical (unpaired) electrons. The highest BCUT2D eigenvalue weighted by Gasteiger charge is 2.34. The summed E-state index contributed by atoms with van der Waals surface area (Å²) in [6, 6.07) is 3.35. The molecule has 0 saturated carbocycles. The van der Waals surface area contributed by atoms with Crippen LogP contribution in [0.25, 0.3) is 32.5 Å². The summed E-state index contributed by atoms with van der Waals surface area (Å²) >= 11 is 1.33. The lowest BCUT2D eigenvalue weighted by Crippen LogP contribution is -2.19. The van der Waals surface area contributed by atoms with Crippen LogP contribution < -0.4 is 0 Å². The molecule has 38 heavy (non-hydrogen) atoms. The molecule has 5 aromatic rings. The Labute approximate surface area is 219 Å². The minimum absolute atomic E-state index is 0.0882. The molecule has 0 aromatic carbocycles. The summed E-state index contributed by atoms with van der Waals surface area (Å²) < 4.78 is 59.6. The monoisotopic (exact) mass is 546 g/mol. The lowest BCUT2D eigenvalue weighted by molar-refractivity contribution is -0.136. The van der Waals surface area contributed by atoms with Gasteiger partial charge in [-0.15, -0.1) is 16.4 Å². The van der Waals surface area contributed by atoms with Crippen LogP contribution in [0, 0.1) is 19.7 Å². The van der Waals surface area contributed by atoms with Crippen LogP contribution in [0.1, 0.15) is 54.6 Å². The number of thiophene rings is 1. The molecule has 12 heteroatoms. The van der Waals surface area contributed by atoms with Gasteiger partial charge in [0, 0.05) is 36.3 Å². The second kappa shape index (κ2) is 9.12. The van der Waals surface area contributed by atoms with Gasteiger partial charge in [-0.1, -0.05) is 5.21 Å². The quantitative estimate of drug-likeness (QED) is 0.251. The highest BCUT2D eigenvalue weighted by Crippen LogP contribution is 2.46. The average molecular weight is 547 g/mol. The third-order valence-electron chi connectivity index (χ3n) is 6.64. The first-order chi connectivity index (χ1) is 17.8. The summed E-state index contributed by atoms with van der Waals surface area (Å²) in [7, 11) is 1.74. The molecular formula is C26H26F4N6OS. The standard InChI is InChI=1S/C26H26F4N6OS/c1-13-21-23(38-24(13)25(3,4)37)20-18(11-15(12-32-20)22-14(2)33-34-35(22)5)36(21)17(8-9-26(28,29)30)19-16(27)7-6-10-31-19/h6-7,10-12,17,37H,8-9H2,1-5H3. The van der Waals surface area contributed by atoms with Crippen molar-refractivity contribution < 1.29 is 22.7 Å². The molecule has 200 valence electrons. The fraction of sp³-hybridized carbons (Fsp3) is 0.385. The minimum atomic E-state index is -4.45. The summed E-state index contributed by atoms with van der Waals surface area (Å²) in [5, 5.41) is 19.0. The van der Waals surface area contributed by atoms with Gasteiger partial charge in [-0.3, -0.25) is 9.97 Å². The molecule has 5 heterocycles. The van der Waals surface area contributed by atoms with Crippen molar-refractivity contribution in [3.05, 3.63) is 58.2 Å². The van der Waals surface area contributed by atoms with Crippen molar-refractivity contribution in [2.24, 2.45) is 7.05 Å². The Hall–Kier alpha value is -3.38. The van der Waals surface area contributed by atoms with Crippen LogP contribution in [-0.4, -0.2) is 40.8 Å². The van der Waals surface area contributed by atoms with Gasteiger partial charge in [-0.2, -0.15) is 13.2 Å². The van der Waals surface area contributed by atoms with E-state index in [1.54, 1.807) is 43.3 Å². The van der Waals surface area contributed by atoms with Crippen LogP contribution >= 0.6 is 11.3 Å². The number of nitrogens with zero attached hydrogens (tertiary/aromatic N) is 6. The predicted molar refractivity (Wildman–Crippen MR) is 137 cm³/mol. The first-order valence-electron chi connectivity index (χ1n) is 12.0. The summed E-state index contributed by atoms with van der Waals surface area (Å²) in [6.07, 6.45) is -2.97. The number of halogens is 4. The third kappa shape index (κ3) is 4.45. The second-order valence-electron chi connectivity index (χ2n) is 9.94. The van der Waals surface area contributed by atoms with Crippen molar-refractivity contribution in [1.82, 2.24) is 29.5 Å². The Kier molecular flexibility index (Phi) is 6.30. The number of aliphatic hydroxyl groups is 1. The molecule has 0 bridgehead atoms. The fourth-order valence-electron chi connectivity index (χ4n) is 5.11. The van der Waals surface area contributed by atoms with Crippen molar-refractivity contribution in [2.45, 2.75) is 58.4 Å². The molecule has 0 fully saturated rings. The zero-order chi connectivity index (χ0) is 27.6. The molecule has 1 unspecified atom stereocenters. The zero-order valence-electron chi connectivity index (χ0n) is 21.4. The largest absolute Gasteiger partial charge is 0.389 e. The summed E-state index contributed by atoms with van der Waals surface area (Å²) in [4.78, 5) is 9.55. The van der Waals surface area contributed by atoms with E-state index in [0.717, 1.165) is 0 Å². The molecule has 5 rings (SSSR count). The third-order valence-corrected chi connectivity index (χ3v) is 8.24. The van der Waals surface area contributed by atoms with E-state index >= 15 is 4.39 Å².